The fraction of sp³-hybridized carbons (Fsp3) is 0.650. The van der Waals surface area contributed by atoms with Crippen molar-refractivity contribution >= 4 is 5.91 Å². The van der Waals surface area contributed by atoms with E-state index in [-0.39, 0.29) is 23.0 Å². The smallest absolute Gasteiger partial charge is 0.227 e. The quantitative estimate of drug-likeness (QED) is 0.879. The highest BCUT2D eigenvalue weighted by Gasteiger charge is 2.60. The zero-order valence-electron chi connectivity index (χ0n) is 14.9. The second-order valence-electron chi connectivity index (χ2n) is 7.86. The van der Waals surface area contributed by atoms with Crippen LogP contribution in [0.2, 0.25) is 0 Å². The summed E-state index contributed by atoms with van der Waals surface area (Å²) in [5.41, 5.74) is 1.15. The predicted molar refractivity (Wildman–Crippen MR) is 95.5 cm³/mol. The number of carbonyl (C=O) groups is 1. The molecule has 0 bridgehead atoms. The normalized spacial score (nSPS) is 29.5. The average Bonchev–Trinajstić information content (AvgIpc) is 2.56. The number of carbonyl (C=O) groups excluding carboxylic acids is 1. The monoisotopic (exact) mass is 344 g/mol. The fourth-order valence-corrected chi connectivity index (χ4v) is 4.88. The van der Waals surface area contributed by atoms with Crippen LogP contribution in [0, 0.1) is 5.41 Å². The van der Waals surface area contributed by atoms with Crippen molar-refractivity contribution in [3.05, 3.63) is 29.8 Å². The van der Waals surface area contributed by atoms with Gasteiger partial charge in [0.05, 0.1) is 19.1 Å². The van der Waals surface area contributed by atoms with E-state index < -0.39 is 0 Å². The first-order valence-electron chi connectivity index (χ1n) is 9.51. The van der Waals surface area contributed by atoms with Gasteiger partial charge in [-0.05, 0) is 43.9 Å². The van der Waals surface area contributed by atoms with E-state index in [9.17, 15) is 9.90 Å². The number of nitrogens with zero attached hydrogens (tertiary/aromatic N) is 1. The Bertz CT molecular complexity index is 638. The maximum absolute atomic E-state index is 12.7. The Labute approximate surface area is 149 Å². The number of ether oxygens (including phenoxy) is 1. The van der Waals surface area contributed by atoms with E-state index in [0.717, 1.165) is 38.3 Å². The van der Waals surface area contributed by atoms with E-state index >= 15 is 0 Å². The van der Waals surface area contributed by atoms with Crippen LogP contribution in [0.25, 0.3) is 0 Å². The number of hydrogen-bond donors (Lipinski definition) is 2. The van der Waals surface area contributed by atoms with Gasteiger partial charge < -0.3 is 15.2 Å². The molecule has 0 aromatic heterocycles. The number of phenolic OH excluding ortho intramolecular Hbond substituents is 1. The lowest BCUT2D eigenvalue weighted by Crippen LogP contribution is -2.72. The third kappa shape index (κ3) is 2.93. The van der Waals surface area contributed by atoms with Crippen molar-refractivity contribution in [2.75, 3.05) is 26.3 Å². The summed E-state index contributed by atoms with van der Waals surface area (Å²) >= 11 is 0. The Morgan fingerprint density at radius 1 is 1.36 bits per heavy atom. The molecule has 1 amide bonds. The number of morpholine rings is 1. The van der Waals surface area contributed by atoms with Crippen LogP contribution in [-0.4, -0.2) is 54.3 Å². The lowest BCUT2D eigenvalue weighted by molar-refractivity contribution is -0.147. The summed E-state index contributed by atoms with van der Waals surface area (Å²) in [7, 11) is 0. The van der Waals surface area contributed by atoms with Gasteiger partial charge in [-0.3, -0.25) is 9.69 Å². The molecule has 1 aliphatic heterocycles. The van der Waals surface area contributed by atoms with Gasteiger partial charge in [-0.1, -0.05) is 18.6 Å². The molecule has 1 spiro atoms. The topological polar surface area (TPSA) is 61.8 Å². The molecule has 25 heavy (non-hydrogen) atoms. The molecule has 2 saturated carbocycles. The molecule has 1 heterocycles. The van der Waals surface area contributed by atoms with Gasteiger partial charge in [-0.25, -0.2) is 0 Å². The van der Waals surface area contributed by atoms with Crippen LogP contribution in [0.1, 0.15) is 44.1 Å². The number of nitrogens with one attached hydrogen (secondary N) is 1. The summed E-state index contributed by atoms with van der Waals surface area (Å²) in [5, 5.41) is 13.0. The Morgan fingerprint density at radius 3 is 2.76 bits per heavy atom. The van der Waals surface area contributed by atoms with Crippen molar-refractivity contribution in [1.82, 2.24) is 10.2 Å². The van der Waals surface area contributed by atoms with Crippen LogP contribution < -0.4 is 5.32 Å². The van der Waals surface area contributed by atoms with Crippen molar-refractivity contribution in [2.24, 2.45) is 5.41 Å². The minimum Gasteiger partial charge on any atom is -0.508 e. The van der Waals surface area contributed by atoms with Crippen LogP contribution in [0.5, 0.6) is 5.75 Å². The van der Waals surface area contributed by atoms with Crippen molar-refractivity contribution in [3.8, 4) is 5.75 Å². The molecule has 3 aliphatic rings. The molecule has 4 rings (SSSR count). The van der Waals surface area contributed by atoms with Crippen LogP contribution in [0.15, 0.2) is 24.3 Å². The Kier molecular flexibility index (Phi) is 4.46. The van der Waals surface area contributed by atoms with Gasteiger partial charge in [0.15, 0.2) is 0 Å². The SMILES string of the molecule is CC(C(=O)N[C@@H]1C[C@@H](N2CCOCC2)C12CCC2)c1cccc(O)c1. The number of rotatable bonds is 4. The highest BCUT2D eigenvalue weighted by molar-refractivity contribution is 5.83. The molecule has 1 saturated heterocycles. The summed E-state index contributed by atoms with van der Waals surface area (Å²) in [4.78, 5) is 15.3. The Hall–Kier alpha value is -1.59. The lowest BCUT2D eigenvalue weighted by Gasteiger charge is -2.64. The fourth-order valence-electron chi connectivity index (χ4n) is 4.88. The summed E-state index contributed by atoms with van der Waals surface area (Å²) < 4.78 is 5.49. The van der Waals surface area contributed by atoms with E-state index in [1.807, 2.05) is 13.0 Å². The molecule has 3 fully saturated rings. The van der Waals surface area contributed by atoms with Gasteiger partial charge in [-0.2, -0.15) is 0 Å². The molecule has 5 nitrogen and oxygen atoms in total. The third-order valence-electron chi connectivity index (χ3n) is 6.67. The Morgan fingerprint density at radius 2 is 2.12 bits per heavy atom. The van der Waals surface area contributed by atoms with E-state index in [4.69, 9.17) is 4.74 Å². The van der Waals surface area contributed by atoms with Crippen molar-refractivity contribution in [2.45, 2.75) is 50.6 Å². The largest absolute Gasteiger partial charge is 0.508 e. The van der Waals surface area contributed by atoms with Gasteiger partial charge in [0.1, 0.15) is 5.75 Å². The number of aromatic hydroxyl groups is 1. The zero-order chi connectivity index (χ0) is 17.4. The molecule has 1 unspecified atom stereocenters. The van der Waals surface area contributed by atoms with Crippen LogP contribution in [-0.2, 0) is 9.53 Å². The molecule has 3 atom stereocenters. The summed E-state index contributed by atoms with van der Waals surface area (Å²) in [6.07, 6.45) is 4.77. The van der Waals surface area contributed by atoms with Crippen molar-refractivity contribution in [1.29, 1.82) is 0 Å². The average molecular weight is 344 g/mol. The molecule has 5 heteroatoms. The maximum atomic E-state index is 12.7. The summed E-state index contributed by atoms with van der Waals surface area (Å²) in [5.74, 6) is 0.0394. The summed E-state index contributed by atoms with van der Waals surface area (Å²) in [6.45, 7) is 5.62. The van der Waals surface area contributed by atoms with Gasteiger partial charge in [-0.15, -0.1) is 0 Å². The molecule has 0 radical (unpaired) electrons. The molecule has 2 aliphatic carbocycles. The minimum absolute atomic E-state index is 0.0716. The predicted octanol–water partition coefficient (Wildman–Crippen LogP) is 2.26. The van der Waals surface area contributed by atoms with E-state index in [1.165, 1.54) is 19.3 Å². The van der Waals surface area contributed by atoms with Crippen LogP contribution in [0.4, 0.5) is 0 Å². The van der Waals surface area contributed by atoms with E-state index in [2.05, 4.69) is 10.2 Å². The van der Waals surface area contributed by atoms with Crippen molar-refractivity contribution < 1.29 is 14.6 Å². The molecular formula is C20H28N2O3. The number of phenols is 1. The van der Waals surface area contributed by atoms with Gasteiger partial charge >= 0.3 is 0 Å². The Balaban J connectivity index is 1.40. The molecule has 136 valence electrons. The van der Waals surface area contributed by atoms with Crippen LogP contribution in [0.3, 0.4) is 0 Å². The lowest BCUT2D eigenvalue weighted by atomic mass is 9.49. The minimum atomic E-state index is -0.244. The zero-order valence-corrected chi connectivity index (χ0v) is 14.9. The van der Waals surface area contributed by atoms with Gasteiger partial charge in [0, 0.05) is 30.6 Å². The van der Waals surface area contributed by atoms with Crippen molar-refractivity contribution in [3.63, 3.8) is 0 Å². The molecule has 1 aromatic rings. The highest BCUT2D eigenvalue weighted by atomic mass is 16.5. The van der Waals surface area contributed by atoms with Gasteiger partial charge in [0.25, 0.3) is 0 Å². The standard InChI is InChI=1S/C20H28N2O3/c1-14(15-4-2-5-16(23)12-15)19(24)21-17-13-18(20(17)6-3-7-20)22-8-10-25-11-9-22/h2,4-5,12,14,17-18,23H,3,6-11,13H2,1H3,(H,21,24)/t14?,17-,18-/m1/s1. The summed E-state index contributed by atoms with van der Waals surface area (Å²) in [6, 6.07) is 7.91. The molecule has 1 aromatic carbocycles. The van der Waals surface area contributed by atoms with Gasteiger partial charge in [0.2, 0.25) is 5.91 Å². The first-order valence-corrected chi connectivity index (χ1v) is 9.51. The third-order valence-corrected chi connectivity index (χ3v) is 6.67. The van der Waals surface area contributed by atoms with E-state index in [1.54, 1.807) is 18.2 Å². The second-order valence-corrected chi connectivity index (χ2v) is 7.86. The molecule has 2 N–H and O–H groups in total. The first-order chi connectivity index (χ1) is 12.1. The number of benzene rings is 1. The first kappa shape index (κ1) is 16.9. The molecular weight excluding hydrogens is 316 g/mol. The number of amides is 1. The van der Waals surface area contributed by atoms with Crippen LogP contribution >= 0.6 is 0 Å². The second kappa shape index (κ2) is 6.61. The number of hydrogen-bond acceptors (Lipinski definition) is 4. The maximum Gasteiger partial charge on any atom is 0.227 e. The van der Waals surface area contributed by atoms with E-state index in [0.29, 0.717) is 12.1 Å². The highest BCUT2D eigenvalue weighted by Crippen LogP contribution is 2.58.